The molecule has 11 heteroatoms. The quantitative estimate of drug-likeness (QED) is 0.358. The molecule has 0 aromatic heterocycles. The molecule has 3 aromatic rings. The molecule has 0 aliphatic carbocycles. The monoisotopic (exact) mass is 579 g/mol. The normalized spacial score (nSPS) is 12.1. The number of aryl methyl sites for hydroxylation is 1. The zero-order valence-corrected chi connectivity index (χ0v) is 23.4. The molecular weight excluding hydrogens is 552 g/mol. The van der Waals surface area contributed by atoms with Gasteiger partial charge in [0, 0.05) is 23.6 Å². The second-order valence-electron chi connectivity index (χ2n) is 8.60. The number of likely N-dealkylation sites (N-methyl/N-ethyl adjacent to an activating group) is 1. The van der Waals surface area contributed by atoms with Crippen LogP contribution in [0.4, 0.5) is 10.1 Å². The van der Waals surface area contributed by atoms with Crippen molar-refractivity contribution in [3.8, 4) is 0 Å². The molecule has 0 spiro atoms. The molecule has 0 fully saturated rings. The lowest BCUT2D eigenvalue weighted by Gasteiger charge is -2.33. The van der Waals surface area contributed by atoms with E-state index in [2.05, 4.69) is 5.32 Å². The lowest BCUT2D eigenvalue weighted by atomic mass is 10.1. The highest BCUT2D eigenvalue weighted by Gasteiger charge is 2.33. The van der Waals surface area contributed by atoms with E-state index in [-0.39, 0.29) is 23.5 Å². The average Bonchev–Trinajstić information content (AvgIpc) is 2.88. The van der Waals surface area contributed by atoms with Crippen LogP contribution in [0.25, 0.3) is 0 Å². The van der Waals surface area contributed by atoms with E-state index in [9.17, 15) is 22.4 Å². The van der Waals surface area contributed by atoms with Crippen LogP contribution in [0.15, 0.2) is 71.6 Å². The van der Waals surface area contributed by atoms with Crippen molar-refractivity contribution >= 4 is 50.7 Å². The fourth-order valence-corrected chi connectivity index (χ4v) is 5.78. The number of hydrogen-bond donors (Lipinski definition) is 1. The Hall–Kier alpha value is -3.14. The molecule has 1 atom stereocenters. The lowest BCUT2D eigenvalue weighted by Crippen LogP contribution is -2.51. The van der Waals surface area contributed by atoms with Gasteiger partial charge in [-0.3, -0.25) is 13.9 Å². The molecule has 0 aliphatic heterocycles. The highest BCUT2D eigenvalue weighted by Crippen LogP contribution is 2.27. The van der Waals surface area contributed by atoms with Gasteiger partial charge in [0.2, 0.25) is 11.8 Å². The number of carbonyl (C=O) groups is 2. The Morgan fingerprint density at radius 3 is 2.18 bits per heavy atom. The molecule has 38 heavy (non-hydrogen) atoms. The molecule has 0 radical (unpaired) electrons. The summed E-state index contributed by atoms with van der Waals surface area (Å²) in [5, 5.41) is 3.27. The first-order valence-corrected chi connectivity index (χ1v) is 14.0. The van der Waals surface area contributed by atoms with Gasteiger partial charge in [-0.15, -0.1) is 0 Å². The molecule has 0 bridgehead atoms. The van der Waals surface area contributed by atoms with E-state index in [0.29, 0.717) is 15.6 Å². The molecule has 2 amide bonds. The Morgan fingerprint density at radius 2 is 1.63 bits per heavy atom. The van der Waals surface area contributed by atoms with Gasteiger partial charge in [-0.25, -0.2) is 12.8 Å². The van der Waals surface area contributed by atoms with Gasteiger partial charge in [-0.05, 0) is 67.4 Å². The summed E-state index contributed by atoms with van der Waals surface area (Å²) in [7, 11) is -2.82. The van der Waals surface area contributed by atoms with Crippen LogP contribution in [0.3, 0.4) is 0 Å². The summed E-state index contributed by atoms with van der Waals surface area (Å²) < 4.78 is 41.9. The fraction of sp³-hybridized carbons (Fsp3) is 0.259. The Kier molecular flexibility index (Phi) is 9.76. The van der Waals surface area contributed by atoms with E-state index in [1.165, 1.54) is 18.0 Å². The average molecular weight is 581 g/mol. The maximum absolute atomic E-state index is 13.8. The molecule has 3 aromatic carbocycles. The number of carbonyl (C=O) groups excluding carboxylic acids is 2. The van der Waals surface area contributed by atoms with E-state index in [0.717, 1.165) is 34.1 Å². The van der Waals surface area contributed by atoms with Crippen LogP contribution in [-0.2, 0) is 26.2 Å². The number of anilines is 1. The van der Waals surface area contributed by atoms with E-state index in [1.54, 1.807) is 43.3 Å². The first-order valence-electron chi connectivity index (χ1n) is 11.8. The van der Waals surface area contributed by atoms with Gasteiger partial charge in [0.1, 0.15) is 18.4 Å². The van der Waals surface area contributed by atoms with Gasteiger partial charge in [0.15, 0.2) is 0 Å². The number of hydrogen-bond acceptors (Lipinski definition) is 4. The van der Waals surface area contributed by atoms with Crippen LogP contribution >= 0.6 is 23.2 Å². The van der Waals surface area contributed by atoms with Crippen LogP contribution in [0.5, 0.6) is 0 Å². The predicted octanol–water partition coefficient (Wildman–Crippen LogP) is 5.19. The Labute approximate surface area is 232 Å². The van der Waals surface area contributed by atoms with Crippen molar-refractivity contribution in [2.45, 2.75) is 37.8 Å². The maximum atomic E-state index is 13.8. The SMILES string of the molecule is CC[C@@H](C(=O)NC)N(Cc1ccc(Cl)cc1Cl)C(=O)CN(c1ccc(C)cc1)S(=O)(=O)c1ccc(F)cc1. The highest BCUT2D eigenvalue weighted by atomic mass is 35.5. The highest BCUT2D eigenvalue weighted by molar-refractivity contribution is 7.92. The largest absolute Gasteiger partial charge is 0.357 e. The van der Waals surface area contributed by atoms with Gasteiger partial charge in [0.05, 0.1) is 10.6 Å². The minimum absolute atomic E-state index is 0.0565. The first-order chi connectivity index (χ1) is 18.0. The molecule has 3 rings (SSSR count). The van der Waals surface area contributed by atoms with Crippen LogP contribution in [0.2, 0.25) is 10.0 Å². The summed E-state index contributed by atoms with van der Waals surface area (Å²) >= 11 is 12.4. The number of halogens is 3. The zero-order chi connectivity index (χ0) is 28.0. The summed E-state index contributed by atoms with van der Waals surface area (Å²) in [6.45, 7) is 2.93. The van der Waals surface area contributed by atoms with Crippen molar-refractivity contribution in [3.63, 3.8) is 0 Å². The Bertz CT molecular complexity index is 1400. The molecule has 0 saturated heterocycles. The van der Waals surface area contributed by atoms with Crippen molar-refractivity contribution in [2.24, 2.45) is 0 Å². The van der Waals surface area contributed by atoms with Gasteiger partial charge in [0.25, 0.3) is 10.0 Å². The smallest absolute Gasteiger partial charge is 0.264 e. The fourth-order valence-electron chi connectivity index (χ4n) is 3.89. The third kappa shape index (κ3) is 6.83. The van der Waals surface area contributed by atoms with E-state index in [4.69, 9.17) is 23.2 Å². The molecule has 7 nitrogen and oxygen atoms in total. The van der Waals surface area contributed by atoms with E-state index >= 15 is 0 Å². The lowest BCUT2D eigenvalue weighted by molar-refractivity contribution is -0.140. The van der Waals surface area contributed by atoms with Crippen LogP contribution < -0.4 is 9.62 Å². The van der Waals surface area contributed by atoms with Crippen LogP contribution in [0.1, 0.15) is 24.5 Å². The molecule has 0 unspecified atom stereocenters. The number of amides is 2. The molecule has 202 valence electrons. The number of nitrogens with one attached hydrogen (secondary N) is 1. The third-order valence-electron chi connectivity index (χ3n) is 5.99. The molecule has 0 heterocycles. The van der Waals surface area contributed by atoms with E-state index in [1.807, 2.05) is 6.92 Å². The number of benzene rings is 3. The second kappa shape index (κ2) is 12.6. The summed E-state index contributed by atoms with van der Waals surface area (Å²) in [6, 6.07) is 14.9. The number of sulfonamides is 1. The van der Waals surface area contributed by atoms with Gasteiger partial charge in [-0.1, -0.05) is 53.9 Å². The number of nitrogens with zero attached hydrogens (tertiary/aromatic N) is 2. The third-order valence-corrected chi connectivity index (χ3v) is 8.37. The molecular formula is C27H28Cl2FN3O4S. The Morgan fingerprint density at radius 1 is 1.00 bits per heavy atom. The molecule has 0 saturated carbocycles. The standard InChI is InChI=1S/C27H28Cl2FN3O4S/c1-4-25(27(35)31-3)32(16-19-7-8-20(28)15-24(19)29)26(34)17-33(22-11-5-18(2)6-12-22)38(36,37)23-13-9-21(30)10-14-23/h5-15,25H,4,16-17H2,1-3H3,(H,31,35)/t25-/m0/s1. The Balaban J connectivity index is 2.07. The van der Waals surface area contributed by atoms with Crippen molar-refractivity contribution in [1.29, 1.82) is 0 Å². The predicted molar refractivity (Wildman–Crippen MR) is 147 cm³/mol. The van der Waals surface area contributed by atoms with Crippen LogP contribution in [-0.4, -0.2) is 44.8 Å². The summed E-state index contributed by atoms with van der Waals surface area (Å²) in [4.78, 5) is 27.7. The number of rotatable bonds is 10. The van der Waals surface area contributed by atoms with Crippen molar-refractivity contribution in [3.05, 3.63) is 93.7 Å². The molecule has 1 N–H and O–H groups in total. The van der Waals surface area contributed by atoms with Crippen molar-refractivity contribution in [2.75, 3.05) is 17.9 Å². The maximum Gasteiger partial charge on any atom is 0.264 e. The first kappa shape index (κ1) is 29.4. The minimum Gasteiger partial charge on any atom is -0.357 e. The van der Waals surface area contributed by atoms with Gasteiger partial charge in [-0.2, -0.15) is 0 Å². The van der Waals surface area contributed by atoms with Crippen molar-refractivity contribution < 1.29 is 22.4 Å². The zero-order valence-electron chi connectivity index (χ0n) is 21.1. The topological polar surface area (TPSA) is 86.8 Å². The van der Waals surface area contributed by atoms with Crippen LogP contribution in [0, 0.1) is 12.7 Å². The minimum atomic E-state index is -4.28. The molecule has 0 aliphatic rings. The van der Waals surface area contributed by atoms with Gasteiger partial charge >= 0.3 is 0 Å². The second-order valence-corrected chi connectivity index (χ2v) is 11.3. The van der Waals surface area contributed by atoms with E-state index < -0.39 is 40.2 Å². The van der Waals surface area contributed by atoms with Gasteiger partial charge < -0.3 is 10.2 Å². The van der Waals surface area contributed by atoms with Crippen molar-refractivity contribution in [1.82, 2.24) is 10.2 Å². The summed E-state index contributed by atoms with van der Waals surface area (Å²) in [5.74, 6) is -1.63. The summed E-state index contributed by atoms with van der Waals surface area (Å²) in [6.07, 6.45) is 0.270. The summed E-state index contributed by atoms with van der Waals surface area (Å²) in [5.41, 5.74) is 1.67.